The van der Waals surface area contributed by atoms with E-state index in [0.29, 0.717) is 11.3 Å². The average Bonchev–Trinajstić information content (AvgIpc) is 3.00. The lowest BCUT2D eigenvalue weighted by atomic mass is 9.87. The van der Waals surface area contributed by atoms with Gasteiger partial charge in [0.05, 0.1) is 17.5 Å². The minimum Gasteiger partial charge on any atom is -0.349 e. The molecule has 1 amide bonds. The first-order valence-corrected chi connectivity index (χ1v) is 7.73. The van der Waals surface area contributed by atoms with Crippen molar-refractivity contribution in [3.05, 3.63) is 41.8 Å². The normalized spacial score (nSPS) is 21.5. The van der Waals surface area contributed by atoms with Crippen LogP contribution in [0.15, 0.2) is 30.5 Å². The predicted molar refractivity (Wildman–Crippen MR) is 82.9 cm³/mol. The van der Waals surface area contributed by atoms with E-state index in [4.69, 9.17) is 0 Å². The van der Waals surface area contributed by atoms with Crippen molar-refractivity contribution in [3.8, 4) is 11.3 Å². The van der Waals surface area contributed by atoms with E-state index in [-0.39, 0.29) is 17.8 Å². The summed E-state index contributed by atoms with van der Waals surface area (Å²) in [5, 5.41) is 9.89. The topological polar surface area (TPSA) is 57.8 Å². The van der Waals surface area contributed by atoms with E-state index in [2.05, 4.69) is 22.4 Å². The first kappa shape index (κ1) is 14.8. The van der Waals surface area contributed by atoms with Gasteiger partial charge < -0.3 is 5.32 Å². The minimum absolute atomic E-state index is 0.118. The second kappa shape index (κ2) is 6.30. The number of carbonyl (C=O) groups is 1. The lowest BCUT2D eigenvalue weighted by molar-refractivity contribution is 0.0923. The molecule has 4 nitrogen and oxygen atoms in total. The van der Waals surface area contributed by atoms with Crippen LogP contribution in [0.3, 0.4) is 0 Å². The van der Waals surface area contributed by atoms with Gasteiger partial charge in [-0.3, -0.25) is 9.89 Å². The van der Waals surface area contributed by atoms with Crippen LogP contribution in [0.1, 0.15) is 43.0 Å². The molecular formula is C17H20FN3O. The molecule has 2 N–H and O–H groups in total. The quantitative estimate of drug-likeness (QED) is 0.911. The van der Waals surface area contributed by atoms with Gasteiger partial charge >= 0.3 is 0 Å². The smallest absolute Gasteiger partial charge is 0.255 e. The van der Waals surface area contributed by atoms with Crippen molar-refractivity contribution in [2.75, 3.05) is 0 Å². The number of halogens is 1. The molecule has 1 saturated carbocycles. The molecule has 0 saturated heterocycles. The zero-order valence-electron chi connectivity index (χ0n) is 12.6. The molecule has 1 aliphatic carbocycles. The van der Waals surface area contributed by atoms with E-state index in [1.807, 2.05) is 0 Å². The van der Waals surface area contributed by atoms with Crippen LogP contribution in [0.2, 0.25) is 0 Å². The number of H-pyrrole nitrogens is 1. The Balaban J connectivity index is 1.74. The number of carbonyl (C=O) groups excluding carboxylic acids is 1. The van der Waals surface area contributed by atoms with Crippen LogP contribution in [-0.4, -0.2) is 22.1 Å². The summed E-state index contributed by atoms with van der Waals surface area (Å²) in [7, 11) is 0. The zero-order chi connectivity index (χ0) is 15.5. The van der Waals surface area contributed by atoms with Crippen LogP contribution in [-0.2, 0) is 0 Å². The van der Waals surface area contributed by atoms with Crippen LogP contribution >= 0.6 is 0 Å². The molecule has 1 fully saturated rings. The van der Waals surface area contributed by atoms with Crippen molar-refractivity contribution < 1.29 is 9.18 Å². The van der Waals surface area contributed by atoms with Crippen molar-refractivity contribution in [3.63, 3.8) is 0 Å². The van der Waals surface area contributed by atoms with E-state index >= 15 is 0 Å². The maximum Gasteiger partial charge on any atom is 0.255 e. The molecular weight excluding hydrogens is 281 g/mol. The van der Waals surface area contributed by atoms with Gasteiger partial charge in [-0.2, -0.15) is 5.10 Å². The minimum atomic E-state index is -0.300. The maximum atomic E-state index is 13.0. The monoisotopic (exact) mass is 301 g/mol. The summed E-state index contributed by atoms with van der Waals surface area (Å²) in [6.45, 7) is 2.25. The van der Waals surface area contributed by atoms with E-state index in [0.717, 1.165) is 37.2 Å². The van der Waals surface area contributed by atoms with Crippen LogP contribution < -0.4 is 5.32 Å². The Labute approximate surface area is 129 Å². The molecule has 1 aromatic carbocycles. The third kappa shape index (κ3) is 3.18. The van der Waals surface area contributed by atoms with Crippen molar-refractivity contribution in [2.24, 2.45) is 5.92 Å². The van der Waals surface area contributed by atoms with Gasteiger partial charge in [-0.15, -0.1) is 0 Å². The second-order valence-electron chi connectivity index (χ2n) is 6.10. The molecule has 0 bridgehead atoms. The van der Waals surface area contributed by atoms with Gasteiger partial charge in [0.15, 0.2) is 0 Å². The van der Waals surface area contributed by atoms with Crippen LogP contribution in [0.4, 0.5) is 4.39 Å². The Kier molecular flexibility index (Phi) is 4.22. The summed E-state index contributed by atoms with van der Waals surface area (Å²) in [4.78, 5) is 12.5. The summed E-state index contributed by atoms with van der Waals surface area (Å²) in [5.74, 6) is 0.329. The lowest BCUT2D eigenvalue weighted by Crippen LogP contribution is -2.37. The number of aromatic amines is 1. The number of amides is 1. The van der Waals surface area contributed by atoms with Gasteiger partial charge in [0, 0.05) is 11.6 Å². The molecule has 1 heterocycles. The van der Waals surface area contributed by atoms with E-state index < -0.39 is 0 Å². The van der Waals surface area contributed by atoms with Gasteiger partial charge in [-0.05, 0) is 55.9 Å². The molecule has 1 aliphatic rings. The second-order valence-corrected chi connectivity index (χ2v) is 6.10. The summed E-state index contributed by atoms with van der Waals surface area (Å²) in [5.41, 5.74) is 1.88. The Morgan fingerprint density at radius 3 is 2.59 bits per heavy atom. The molecule has 2 aromatic rings. The summed E-state index contributed by atoms with van der Waals surface area (Å²) in [6, 6.07) is 6.27. The highest BCUT2D eigenvalue weighted by Crippen LogP contribution is 2.25. The number of aromatic nitrogens is 2. The lowest BCUT2D eigenvalue weighted by Gasteiger charge is -2.26. The maximum absolute atomic E-state index is 13.0. The molecule has 22 heavy (non-hydrogen) atoms. The molecule has 1 aromatic heterocycles. The van der Waals surface area contributed by atoms with Crippen molar-refractivity contribution in [2.45, 2.75) is 38.6 Å². The fraction of sp³-hybridized carbons (Fsp3) is 0.412. The van der Waals surface area contributed by atoms with Gasteiger partial charge in [-0.25, -0.2) is 4.39 Å². The molecule has 0 spiro atoms. The number of rotatable bonds is 3. The molecule has 0 radical (unpaired) electrons. The third-order valence-electron chi connectivity index (χ3n) is 4.37. The summed E-state index contributed by atoms with van der Waals surface area (Å²) < 4.78 is 13.0. The van der Waals surface area contributed by atoms with Crippen LogP contribution in [0.5, 0.6) is 0 Å². The molecule has 5 heteroatoms. The number of benzene rings is 1. The number of nitrogens with zero attached hydrogens (tertiary/aromatic N) is 1. The first-order valence-electron chi connectivity index (χ1n) is 7.73. The molecule has 0 unspecified atom stereocenters. The highest BCUT2D eigenvalue weighted by Gasteiger charge is 2.22. The van der Waals surface area contributed by atoms with Crippen LogP contribution in [0.25, 0.3) is 11.3 Å². The Hall–Kier alpha value is -2.17. The zero-order valence-corrected chi connectivity index (χ0v) is 12.6. The summed E-state index contributed by atoms with van der Waals surface area (Å²) >= 11 is 0. The van der Waals surface area contributed by atoms with Crippen molar-refractivity contribution >= 4 is 5.91 Å². The van der Waals surface area contributed by atoms with Gasteiger partial charge in [0.25, 0.3) is 5.91 Å². The highest BCUT2D eigenvalue weighted by atomic mass is 19.1. The largest absolute Gasteiger partial charge is 0.349 e. The predicted octanol–water partition coefficient (Wildman–Crippen LogP) is 3.52. The SMILES string of the molecule is CC1CCC(NC(=O)c2cn[nH]c2-c2ccc(F)cc2)CC1. The fourth-order valence-corrected chi connectivity index (χ4v) is 2.96. The Bertz CT molecular complexity index is 642. The fourth-order valence-electron chi connectivity index (χ4n) is 2.96. The molecule has 0 aliphatic heterocycles. The molecule has 3 rings (SSSR count). The molecule has 116 valence electrons. The van der Waals surface area contributed by atoms with Crippen molar-refractivity contribution in [1.29, 1.82) is 0 Å². The standard InChI is InChI=1S/C17H20FN3O/c1-11-2-8-14(9-3-11)20-17(22)15-10-19-21-16(15)12-4-6-13(18)7-5-12/h4-7,10-11,14H,2-3,8-9H2,1H3,(H,19,21)(H,20,22). The van der Waals surface area contributed by atoms with E-state index in [1.54, 1.807) is 12.1 Å². The first-order chi connectivity index (χ1) is 10.6. The van der Waals surface area contributed by atoms with Crippen molar-refractivity contribution in [1.82, 2.24) is 15.5 Å². The third-order valence-corrected chi connectivity index (χ3v) is 4.37. The Morgan fingerprint density at radius 2 is 1.91 bits per heavy atom. The summed E-state index contributed by atoms with van der Waals surface area (Å²) in [6.07, 6.45) is 5.88. The van der Waals surface area contributed by atoms with E-state index in [9.17, 15) is 9.18 Å². The average molecular weight is 301 g/mol. The highest BCUT2D eigenvalue weighted by molar-refractivity contribution is 5.99. The molecule has 0 atom stereocenters. The van der Waals surface area contributed by atoms with Gasteiger partial charge in [0.2, 0.25) is 0 Å². The number of hydrogen-bond acceptors (Lipinski definition) is 2. The number of hydrogen-bond donors (Lipinski definition) is 2. The number of nitrogens with one attached hydrogen (secondary N) is 2. The van der Waals surface area contributed by atoms with Gasteiger partial charge in [0.1, 0.15) is 5.82 Å². The van der Waals surface area contributed by atoms with Crippen LogP contribution in [0, 0.1) is 11.7 Å². The van der Waals surface area contributed by atoms with E-state index in [1.165, 1.54) is 18.3 Å². The van der Waals surface area contributed by atoms with Gasteiger partial charge in [-0.1, -0.05) is 6.92 Å². The Morgan fingerprint density at radius 1 is 1.23 bits per heavy atom.